The van der Waals surface area contributed by atoms with Gasteiger partial charge in [-0.25, -0.2) is 0 Å². The molecule has 104 valence electrons. The molecule has 0 aromatic carbocycles. The lowest BCUT2D eigenvalue weighted by Crippen LogP contribution is -2.59. The summed E-state index contributed by atoms with van der Waals surface area (Å²) in [4.78, 5) is 16.2. The first kappa shape index (κ1) is 15.3. The van der Waals surface area contributed by atoms with Gasteiger partial charge in [-0.1, -0.05) is 12.2 Å². The van der Waals surface area contributed by atoms with E-state index >= 15 is 0 Å². The van der Waals surface area contributed by atoms with Crippen LogP contribution in [0.15, 0.2) is 0 Å². The first-order valence-corrected chi connectivity index (χ1v) is 6.63. The molecule has 0 aliphatic carbocycles. The van der Waals surface area contributed by atoms with Gasteiger partial charge in [0.2, 0.25) is 0 Å². The first-order chi connectivity index (χ1) is 8.37. The van der Waals surface area contributed by atoms with Gasteiger partial charge < -0.3 is 15.4 Å². The van der Waals surface area contributed by atoms with Crippen molar-refractivity contribution in [2.24, 2.45) is 5.73 Å². The molecule has 5 nitrogen and oxygen atoms in total. The minimum atomic E-state index is -0.232. The van der Waals surface area contributed by atoms with Crippen molar-refractivity contribution in [1.82, 2.24) is 9.80 Å². The number of hydrogen-bond donors (Lipinski definition) is 1. The molecule has 2 N–H and O–H groups in total. The molecule has 1 saturated heterocycles. The highest BCUT2D eigenvalue weighted by Crippen LogP contribution is 2.17. The van der Waals surface area contributed by atoms with Crippen LogP contribution in [0.1, 0.15) is 20.3 Å². The minimum absolute atomic E-state index is 0.152. The maximum absolute atomic E-state index is 11.1. The Morgan fingerprint density at radius 2 is 1.89 bits per heavy atom. The molecule has 0 saturated carbocycles. The van der Waals surface area contributed by atoms with E-state index in [2.05, 4.69) is 28.4 Å². The molecule has 1 aliphatic heterocycles. The molecule has 18 heavy (non-hydrogen) atoms. The maximum atomic E-state index is 11.1. The van der Waals surface area contributed by atoms with Gasteiger partial charge in [-0.2, -0.15) is 0 Å². The van der Waals surface area contributed by atoms with Crippen molar-refractivity contribution in [3.8, 4) is 0 Å². The lowest BCUT2D eigenvalue weighted by atomic mass is 10.0. The number of thiocarbonyl (C=S) groups is 1. The summed E-state index contributed by atoms with van der Waals surface area (Å²) in [5.41, 5.74) is 5.53. The fourth-order valence-electron chi connectivity index (χ4n) is 2.04. The maximum Gasteiger partial charge on any atom is 0.306 e. The molecule has 0 amide bonds. The van der Waals surface area contributed by atoms with Gasteiger partial charge in [-0.15, -0.1) is 0 Å². The molecule has 1 heterocycles. The Balaban J connectivity index is 2.37. The molecule has 6 heteroatoms. The van der Waals surface area contributed by atoms with Crippen molar-refractivity contribution in [1.29, 1.82) is 0 Å². The number of hydrogen-bond acceptors (Lipinski definition) is 5. The molecular weight excluding hydrogens is 250 g/mol. The van der Waals surface area contributed by atoms with Crippen LogP contribution in [-0.4, -0.2) is 66.1 Å². The quantitative estimate of drug-likeness (QED) is 0.572. The number of nitrogens with two attached hydrogens (primary N) is 1. The molecule has 0 unspecified atom stereocenters. The van der Waals surface area contributed by atoms with Crippen molar-refractivity contribution < 1.29 is 9.53 Å². The van der Waals surface area contributed by atoms with Gasteiger partial charge in [-0.05, 0) is 13.8 Å². The summed E-state index contributed by atoms with van der Waals surface area (Å²) in [5, 5.41) is 0. The Labute approximate surface area is 114 Å². The number of carbonyl (C=O) groups excluding carboxylic acids is 1. The topological polar surface area (TPSA) is 58.8 Å². The second-order valence-corrected chi connectivity index (χ2v) is 5.52. The molecule has 0 aromatic rings. The van der Waals surface area contributed by atoms with Gasteiger partial charge in [0, 0.05) is 32.7 Å². The van der Waals surface area contributed by atoms with Gasteiger partial charge in [-0.3, -0.25) is 9.69 Å². The van der Waals surface area contributed by atoms with E-state index in [1.165, 1.54) is 7.11 Å². The van der Waals surface area contributed by atoms with Crippen LogP contribution >= 0.6 is 12.2 Å². The van der Waals surface area contributed by atoms with Crippen molar-refractivity contribution >= 4 is 23.2 Å². The molecule has 1 rings (SSSR count). The minimum Gasteiger partial charge on any atom is -0.469 e. The third-order valence-electron chi connectivity index (χ3n) is 3.63. The third-order valence-corrected chi connectivity index (χ3v) is 4.13. The van der Waals surface area contributed by atoms with E-state index in [1.54, 1.807) is 0 Å². The molecule has 0 radical (unpaired) electrons. The van der Waals surface area contributed by atoms with Crippen LogP contribution in [-0.2, 0) is 9.53 Å². The number of piperazine rings is 1. The zero-order chi connectivity index (χ0) is 13.8. The summed E-state index contributed by atoms with van der Waals surface area (Å²) in [5.74, 6) is -0.152. The highest BCUT2D eigenvalue weighted by atomic mass is 32.1. The zero-order valence-electron chi connectivity index (χ0n) is 11.4. The summed E-state index contributed by atoms with van der Waals surface area (Å²) in [7, 11) is 1.42. The highest BCUT2D eigenvalue weighted by Gasteiger charge is 2.32. The lowest BCUT2D eigenvalue weighted by Gasteiger charge is -2.43. The van der Waals surface area contributed by atoms with E-state index in [9.17, 15) is 4.79 Å². The van der Waals surface area contributed by atoms with E-state index in [1.807, 2.05) is 0 Å². The second-order valence-electron chi connectivity index (χ2n) is 5.08. The van der Waals surface area contributed by atoms with Crippen LogP contribution < -0.4 is 5.73 Å². The number of nitrogens with zero attached hydrogens (tertiary/aromatic N) is 2. The van der Waals surface area contributed by atoms with Crippen LogP contribution in [0.25, 0.3) is 0 Å². The zero-order valence-corrected chi connectivity index (χ0v) is 12.3. The van der Waals surface area contributed by atoms with Crippen LogP contribution in [0.5, 0.6) is 0 Å². The molecule has 0 aromatic heterocycles. The van der Waals surface area contributed by atoms with E-state index < -0.39 is 0 Å². The summed E-state index contributed by atoms with van der Waals surface area (Å²) in [6.45, 7) is 8.58. The van der Waals surface area contributed by atoms with Gasteiger partial charge in [0.05, 0.1) is 24.1 Å². The number of esters is 1. The van der Waals surface area contributed by atoms with Gasteiger partial charge in [0.25, 0.3) is 0 Å². The van der Waals surface area contributed by atoms with Crippen molar-refractivity contribution in [2.75, 3.05) is 39.8 Å². The predicted octanol–water partition coefficient (Wildman–Crippen LogP) is 0.232. The van der Waals surface area contributed by atoms with Gasteiger partial charge in [0.15, 0.2) is 0 Å². The van der Waals surface area contributed by atoms with Crippen molar-refractivity contribution in [2.45, 2.75) is 25.8 Å². The monoisotopic (exact) mass is 273 g/mol. The number of ether oxygens (including phenoxy) is 1. The largest absolute Gasteiger partial charge is 0.469 e. The lowest BCUT2D eigenvalue weighted by molar-refractivity contribution is -0.141. The standard InChI is InChI=1S/C12H23N3O2S/c1-12(2,11(13)18)15-8-6-14(7-9-15)5-4-10(16)17-3/h4-9H2,1-3H3,(H2,13,18). The van der Waals surface area contributed by atoms with Gasteiger partial charge >= 0.3 is 5.97 Å². The number of rotatable bonds is 5. The Morgan fingerprint density at radius 1 is 1.33 bits per heavy atom. The van der Waals surface area contributed by atoms with E-state index in [0.717, 1.165) is 32.7 Å². The molecule has 1 fully saturated rings. The molecule has 0 atom stereocenters. The number of carbonyl (C=O) groups is 1. The fourth-order valence-corrected chi connectivity index (χ4v) is 2.17. The summed E-state index contributed by atoms with van der Waals surface area (Å²) in [6.07, 6.45) is 0.454. The molecular formula is C12H23N3O2S. The van der Waals surface area contributed by atoms with Crippen LogP contribution in [0, 0.1) is 0 Å². The molecule has 0 bridgehead atoms. The average molecular weight is 273 g/mol. The predicted molar refractivity (Wildman–Crippen MR) is 75.5 cm³/mol. The average Bonchev–Trinajstić information content (AvgIpc) is 2.36. The van der Waals surface area contributed by atoms with Crippen LogP contribution in [0.2, 0.25) is 0 Å². The highest BCUT2D eigenvalue weighted by molar-refractivity contribution is 7.80. The Kier molecular flexibility index (Phi) is 5.49. The van der Waals surface area contributed by atoms with E-state index in [4.69, 9.17) is 18.0 Å². The normalized spacial score (nSPS) is 18.6. The Hall–Kier alpha value is -0.720. The molecule has 0 spiro atoms. The molecule has 1 aliphatic rings. The summed E-state index contributed by atoms with van der Waals surface area (Å²) in [6, 6.07) is 0. The first-order valence-electron chi connectivity index (χ1n) is 6.22. The van der Waals surface area contributed by atoms with Crippen molar-refractivity contribution in [3.05, 3.63) is 0 Å². The van der Waals surface area contributed by atoms with Gasteiger partial charge in [0.1, 0.15) is 0 Å². The van der Waals surface area contributed by atoms with Crippen LogP contribution in [0.3, 0.4) is 0 Å². The second kappa shape index (κ2) is 6.45. The Morgan fingerprint density at radius 3 is 2.33 bits per heavy atom. The smallest absolute Gasteiger partial charge is 0.306 e. The SMILES string of the molecule is COC(=O)CCN1CCN(C(C)(C)C(N)=S)CC1. The third kappa shape index (κ3) is 3.90. The van der Waals surface area contributed by atoms with E-state index in [-0.39, 0.29) is 11.5 Å². The van der Waals surface area contributed by atoms with Crippen LogP contribution in [0.4, 0.5) is 0 Å². The van der Waals surface area contributed by atoms with E-state index in [0.29, 0.717) is 11.4 Å². The van der Waals surface area contributed by atoms with Crippen molar-refractivity contribution in [3.63, 3.8) is 0 Å². The fraction of sp³-hybridized carbons (Fsp3) is 0.833. The number of methoxy groups -OCH3 is 1. The summed E-state index contributed by atoms with van der Waals surface area (Å²) >= 11 is 5.10. The Bertz CT molecular complexity index is 312. The summed E-state index contributed by atoms with van der Waals surface area (Å²) < 4.78 is 4.64.